The lowest BCUT2D eigenvalue weighted by Crippen LogP contribution is -2.67. The molecule has 31 heavy (non-hydrogen) atoms. The Hall–Kier alpha value is -2.53. The zero-order valence-corrected chi connectivity index (χ0v) is 18.3. The summed E-state index contributed by atoms with van der Waals surface area (Å²) in [6.07, 6.45) is 6.21. The number of rotatable bonds is 5. The second-order valence-corrected chi connectivity index (χ2v) is 9.34. The van der Waals surface area contributed by atoms with Gasteiger partial charge in [-0.2, -0.15) is 0 Å². The van der Waals surface area contributed by atoms with Crippen LogP contribution in [0, 0.1) is 0 Å². The van der Waals surface area contributed by atoms with E-state index in [1.54, 1.807) is 0 Å². The molecule has 1 saturated heterocycles. The fraction of sp³-hybridized carbons (Fsp3) is 0.440. The van der Waals surface area contributed by atoms with E-state index < -0.39 is 11.1 Å². The van der Waals surface area contributed by atoms with Gasteiger partial charge in [0, 0.05) is 18.3 Å². The number of hydrogen-bond acceptors (Lipinski definition) is 3. The maximum Gasteiger partial charge on any atom is 0.270 e. The lowest BCUT2D eigenvalue weighted by Gasteiger charge is -2.38. The van der Waals surface area contributed by atoms with Crippen molar-refractivity contribution in [1.82, 2.24) is 10.2 Å². The Labute approximate surface area is 188 Å². The first kappa shape index (κ1) is 20.4. The molecule has 2 N–H and O–H groups in total. The third-order valence-electron chi connectivity index (χ3n) is 7.32. The summed E-state index contributed by atoms with van der Waals surface area (Å²) in [5.74, 6) is -0.555. The van der Waals surface area contributed by atoms with Crippen molar-refractivity contribution >= 4 is 29.1 Å². The molecule has 0 aromatic heterocycles. The van der Waals surface area contributed by atoms with Crippen LogP contribution < -0.4 is 10.6 Å². The summed E-state index contributed by atoms with van der Waals surface area (Å²) in [5.41, 5.74) is 1.30. The van der Waals surface area contributed by atoms with E-state index in [1.807, 2.05) is 41.3 Å². The van der Waals surface area contributed by atoms with Crippen LogP contribution in [-0.2, 0) is 21.4 Å². The van der Waals surface area contributed by atoms with Gasteiger partial charge in [-0.15, -0.1) is 11.6 Å². The number of fused-ring (bicyclic) bond motifs is 3. The normalized spacial score (nSPS) is 27.5. The molecule has 0 spiro atoms. The SMILES string of the molecule is O=C(CCl)NC12Nc3ccccc3C1(Cc1ccccc1)CN(C1CCCCC1)C2=O. The summed E-state index contributed by atoms with van der Waals surface area (Å²) in [5, 5.41) is 6.53. The van der Waals surface area contributed by atoms with E-state index in [2.05, 4.69) is 28.8 Å². The Balaban J connectivity index is 1.66. The Kier molecular flexibility index (Phi) is 5.17. The van der Waals surface area contributed by atoms with Crippen LogP contribution in [0.25, 0.3) is 0 Å². The molecule has 1 saturated carbocycles. The average molecular weight is 438 g/mol. The van der Waals surface area contributed by atoms with Crippen molar-refractivity contribution in [3.8, 4) is 0 Å². The monoisotopic (exact) mass is 437 g/mol. The standard InChI is InChI=1S/C25H28ClN3O2/c26-16-22(30)28-25-23(31)29(19-11-5-2-6-12-19)17-24(25,15-18-9-3-1-4-10-18)20-13-7-8-14-21(20)27-25/h1,3-4,7-10,13-14,19,27H,2,5-6,11-12,15-17H2,(H,28,30). The Bertz CT molecular complexity index is 991. The van der Waals surface area contributed by atoms with Gasteiger partial charge in [-0.1, -0.05) is 67.8 Å². The lowest BCUT2D eigenvalue weighted by molar-refractivity contribution is -0.138. The van der Waals surface area contributed by atoms with Crippen LogP contribution >= 0.6 is 11.6 Å². The number of carbonyl (C=O) groups is 2. The number of hydrogen-bond donors (Lipinski definition) is 2. The molecule has 2 aromatic rings. The number of likely N-dealkylation sites (tertiary alicyclic amines) is 1. The van der Waals surface area contributed by atoms with Gasteiger partial charge in [0.2, 0.25) is 11.6 Å². The highest BCUT2D eigenvalue weighted by Gasteiger charge is 2.69. The predicted octanol–water partition coefficient (Wildman–Crippen LogP) is 3.82. The molecule has 6 heteroatoms. The van der Waals surface area contributed by atoms with Crippen molar-refractivity contribution in [2.45, 2.75) is 55.6 Å². The van der Waals surface area contributed by atoms with Crippen LogP contribution in [0.15, 0.2) is 54.6 Å². The largest absolute Gasteiger partial charge is 0.354 e. The first-order valence-electron chi connectivity index (χ1n) is 11.2. The van der Waals surface area contributed by atoms with E-state index in [9.17, 15) is 9.59 Å². The van der Waals surface area contributed by atoms with Crippen molar-refractivity contribution in [3.63, 3.8) is 0 Å². The number of nitrogens with zero attached hydrogens (tertiary/aromatic N) is 1. The first-order valence-corrected chi connectivity index (χ1v) is 11.7. The molecule has 2 atom stereocenters. The molecule has 5 rings (SSSR count). The van der Waals surface area contributed by atoms with Gasteiger partial charge in [-0.25, -0.2) is 0 Å². The summed E-state index contributed by atoms with van der Waals surface area (Å²) >= 11 is 5.90. The maximum absolute atomic E-state index is 14.1. The number of amides is 2. The van der Waals surface area contributed by atoms with Crippen LogP contribution in [0.4, 0.5) is 5.69 Å². The Morgan fingerprint density at radius 1 is 1.06 bits per heavy atom. The molecule has 0 radical (unpaired) electrons. The summed E-state index contributed by atoms with van der Waals surface area (Å²) in [6.45, 7) is 0.581. The van der Waals surface area contributed by atoms with E-state index in [1.165, 1.54) is 6.42 Å². The highest BCUT2D eigenvalue weighted by atomic mass is 35.5. The second-order valence-electron chi connectivity index (χ2n) is 9.07. The van der Waals surface area contributed by atoms with Crippen LogP contribution in [0.2, 0.25) is 0 Å². The Morgan fingerprint density at radius 2 is 1.77 bits per heavy atom. The third kappa shape index (κ3) is 3.13. The zero-order valence-electron chi connectivity index (χ0n) is 17.6. The molecule has 2 aliphatic heterocycles. The van der Waals surface area contributed by atoms with Gasteiger partial charge in [0.1, 0.15) is 5.88 Å². The van der Waals surface area contributed by atoms with Crippen molar-refractivity contribution < 1.29 is 9.59 Å². The quantitative estimate of drug-likeness (QED) is 0.699. The van der Waals surface area contributed by atoms with Gasteiger partial charge >= 0.3 is 0 Å². The topological polar surface area (TPSA) is 61.4 Å². The molecule has 2 aromatic carbocycles. The smallest absolute Gasteiger partial charge is 0.270 e. The van der Waals surface area contributed by atoms with Gasteiger partial charge in [-0.3, -0.25) is 9.59 Å². The minimum Gasteiger partial charge on any atom is -0.354 e. The van der Waals surface area contributed by atoms with E-state index in [0.717, 1.165) is 42.5 Å². The minimum absolute atomic E-state index is 0.0370. The van der Waals surface area contributed by atoms with Crippen LogP contribution in [0.5, 0.6) is 0 Å². The highest BCUT2D eigenvalue weighted by molar-refractivity contribution is 6.27. The van der Waals surface area contributed by atoms with Crippen molar-refractivity contribution in [2.24, 2.45) is 0 Å². The molecule has 2 heterocycles. The van der Waals surface area contributed by atoms with E-state index >= 15 is 0 Å². The average Bonchev–Trinajstić information content (AvgIpc) is 3.20. The number of halogens is 1. The lowest BCUT2D eigenvalue weighted by atomic mass is 9.70. The number of carbonyl (C=O) groups excluding carboxylic acids is 2. The number of para-hydroxylation sites is 1. The highest BCUT2D eigenvalue weighted by Crippen LogP contribution is 2.54. The zero-order chi connectivity index (χ0) is 21.5. The van der Waals surface area contributed by atoms with Crippen molar-refractivity contribution in [1.29, 1.82) is 0 Å². The maximum atomic E-state index is 14.1. The van der Waals surface area contributed by atoms with Crippen LogP contribution in [0.3, 0.4) is 0 Å². The van der Waals surface area contributed by atoms with E-state index in [-0.39, 0.29) is 23.7 Å². The molecular formula is C25H28ClN3O2. The molecule has 0 bridgehead atoms. The van der Waals surface area contributed by atoms with Crippen LogP contribution in [0.1, 0.15) is 43.2 Å². The molecule has 2 amide bonds. The first-order chi connectivity index (χ1) is 15.1. The van der Waals surface area contributed by atoms with Gasteiger partial charge in [0.15, 0.2) is 0 Å². The molecule has 5 nitrogen and oxygen atoms in total. The molecule has 162 valence electrons. The molecule has 2 unspecified atom stereocenters. The predicted molar refractivity (Wildman–Crippen MR) is 122 cm³/mol. The summed E-state index contributed by atoms with van der Waals surface area (Å²) in [6, 6.07) is 18.5. The number of alkyl halides is 1. The van der Waals surface area contributed by atoms with Gasteiger partial charge in [-0.05, 0) is 36.5 Å². The molecule has 3 aliphatic rings. The third-order valence-corrected chi connectivity index (χ3v) is 7.56. The van der Waals surface area contributed by atoms with Crippen LogP contribution in [-0.4, -0.2) is 40.8 Å². The Morgan fingerprint density at radius 3 is 2.52 bits per heavy atom. The summed E-state index contributed by atoms with van der Waals surface area (Å²) < 4.78 is 0. The fourth-order valence-corrected chi connectivity index (χ4v) is 6.00. The van der Waals surface area contributed by atoms with E-state index in [4.69, 9.17) is 11.6 Å². The second kappa shape index (κ2) is 7.86. The molecular weight excluding hydrogens is 410 g/mol. The number of nitrogens with one attached hydrogen (secondary N) is 2. The molecule has 2 fully saturated rings. The number of anilines is 1. The van der Waals surface area contributed by atoms with E-state index in [0.29, 0.717) is 13.0 Å². The minimum atomic E-state index is -1.23. The van der Waals surface area contributed by atoms with Gasteiger partial charge in [0.25, 0.3) is 5.91 Å². The molecule has 1 aliphatic carbocycles. The van der Waals surface area contributed by atoms with Crippen molar-refractivity contribution in [3.05, 3.63) is 65.7 Å². The summed E-state index contributed by atoms with van der Waals surface area (Å²) in [4.78, 5) is 28.8. The van der Waals surface area contributed by atoms with Gasteiger partial charge < -0.3 is 15.5 Å². The van der Waals surface area contributed by atoms with Crippen molar-refractivity contribution in [2.75, 3.05) is 17.7 Å². The summed E-state index contributed by atoms with van der Waals surface area (Å²) in [7, 11) is 0. The van der Waals surface area contributed by atoms with Gasteiger partial charge in [0.05, 0.1) is 5.41 Å². The number of benzene rings is 2. The fourth-order valence-electron chi connectivity index (χ4n) is 5.94.